The maximum atomic E-state index is 11.6. The zero-order chi connectivity index (χ0) is 13.2. The summed E-state index contributed by atoms with van der Waals surface area (Å²) in [6.07, 6.45) is 1.06. The van der Waals surface area contributed by atoms with E-state index in [1.165, 1.54) is 0 Å². The number of nitrogens with zero attached hydrogens (tertiary/aromatic N) is 1. The Morgan fingerprint density at radius 2 is 2.28 bits per heavy atom. The Morgan fingerprint density at radius 3 is 2.83 bits per heavy atom. The lowest BCUT2D eigenvalue weighted by atomic mass is 9.86. The fourth-order valence-electron chi connectivity index (χ4n) is 3.04. The lowest BCUT2D eigenvalue weighted by Crippen LogP contribution is -2.53. The van der Waals surface area contributed by atoms with Crippen LogP contribution >= 0.6 is 0 Å². The van der Waals surface area contributed by atoms with Gasteiger partial charge in [-0.1, -0.05) is 0 Å². The summed E-state index contributed by atoms with van der Waals surface area (Å²) in [5, 5.41) is 3.25. The van der Waals surface area contributed by atoms with Crippen LogP contribution < -0.4 is 5.32 Å². The van der Waals surface area contributed by atoms with Crippen molar-refractivity contribution in [1.29, 1.82) is 0 Å². The summed E-state index contributed by atoms with van der Waals surface area (Å²) in [5.74, 6) is 0.595. The van der Waals surface area contributed by atoms with Crippen LogP contribution in [0.3, 0.4) is 0 Å². The minimum Gasteiger partial charge on any atom is -0.381 e. The Labute approximate surface area is 110 Å². The van der Waals surface area contributed by atoms with Gasteiger partial charge in [0.05, 0.1) is 18.1 Å². The van der Waals surface area contributed by atoms with Crippen molar-refractivity contribution in [3.63, 3.8) is 0 Å². The van der Waals surface area contributed by atoms with E-state index >= 15 is 0 Å². The maximum Gasteiger partial charge on any atom is 0.153 e. The Kier molecular flexibility index (Phi) is 4.31. The van der Waals surface area contributed by atoms with Gasteiger partial charge in [-0.25, -0.2) is 8.42 Å². The summed E-state index contributed by atoms with van der Waals surface area (Å²) >= 11 is 0. The van der Waals surface area contributed by atoms with E-state index in [0.29, 0.717) is 18.1 Å². The normalized spacial score (nSPS) is 36.9. The van der Waals surface area contributed by atoms with Crippen LogP contribution in [0.15, 0.2) is 0 Å². The van der Waals surface area contributed by atoms with Crippen LogP contribution in [0, 0.1) is 5.41 Å². The van der Waals surface area contributed by atoms with E-state index in [1.54, 1.807) is 0 Å². The van der Waals surface area contributed by atoms with Gasteiger partial charge in [0.1, 0.15) is 0 Å². The zero-order valence-electron chi connectivity index (χ0n) is 11.3. The van der Waals surface area contributed by atoms with Crippen molar-refractivity contribution in [2.45, 2.75) is 19.4 Å². The van der Waals surface area contributed by atoms with Gasteiger partial charge in [-0.3, -0.25) is 4.90 Å². The van der Waals surface area contributed by atoms with Gasteiger partial charge in [-0.05, 0) is 20.4 Å². The molecule has 0 aromatic rings. The van der Waals surface area contributed by atoms with Gasteiger partial charge in [0.15, 0.2) is 9.84 Å². The van der Waals surface area contributed by atoms with Gasteiger partial charge in [-0.2, -0.15) is 0 Å². The highest BCUT2D eigenvalue weighted by atomic mass is 32.2. The second kappa shape index (κ2) is 5.45. The molecule has 5 nitrogen and oxygen atoms in total. The molecular formula is C12H24N2O3S. The summed E-state index contributed by atoms with van der Waals surface area (Å²) < 4.78 is 28.7. The lowest BCUT2D eigenvalue weighted by Gasteiger charge is -2.39. The van der Waals surface area contributed by atoms with Crippen LogP contribution in [0.2, 0.25) is 0 Å². The predicted octanol–water partition coefficient (Wildman–Crippen LogP) is -0.269. The molecule has 0 aliphatic carbocycles. The van der Waals surface area contributed by atoms with E-state index in [9.17, 15) is 8.42 Å². The quantitative estimate of drug-likeness (QED) is 0.766. The molecular weight excluding hydrogens is 252 g/mol. The average Bonchev–Trinajstić information content (AvgIpc) is 2.71. The SMILES string of the molecule is CNCC1(CN2CCS(=O)(=O)CC2C)CCOC1. The Hall–Kier alpha value is -0.170. The number of ether oxygens (including phenoxy) is 1. The Bertz CT molecular complexity index is 377. The molecule has 2 rings (SSSR count). The zero-order valence-corrected chi connectivity index (χ0v) is 12.1. The molecule has 0 aromatic heterocycles. The third-order valence-corrected chi connectivity index (χ3v) is 5.88. The molecule has 0 bridgehead atoms. The van der Waals surface area contributed by atoms with Gasteiger partial charge in [0.25, 0.3) is 0 Å². The molecule has 2 atom stereocenters. The van der Waals surface area contributed by atoms with Crippen LogP contribution in [0.25, 0.3) is 0 Å². The van der Waals surface area contributed by atoms with E-state index in [0.717, 1.165) is 32.7 Å². The molecule has 2 aliphatic heterocycles. The Morgan fingerprint density at radius 1 is 1.50 bits per heavy atom. The molecule has 2 unspecified atom stereocenters. The number of sulfone groups is 1. The predicted molar refractivity (Wildman–Crippen MR) is 71.5 cm³/mol. The molecule has 0 aromatic carbocycles. The number of hydrogen-bond acceptors (Lipinski definition) is 5. The highest BCUT2D eigenvalue weighted by Gasteiger charge is 2.39. The second-order valence-corrected chi connectivity index (χ2v) is 8.00. The number of nitrogens with one attached hydrogen (secondary N) is 1. The molecule has 106 valence electrons. The van der Waals surface area contributed by atoms with Crippen LogP contribution in [-0.2, 0) is 14.6 Å². The number of rotatable bonds is 4. The molecule has 2 saturated heterocycles. The highest BCUT2D eigenvalue weighted by Crippen LogP contribution is 2.30. The molecule has 6 heteroatoms. The van der Waals surface area contributed by atoms with Crippen molar-refractivity contribution in [2.75, 3.05) is 51.4 Å². The summed E-state index contributed by atoms with van der Waals surface area (Å²) in [6.45, 7) is 6.15. The largest absolute Gasteiger partial charge is 0.381 e. The fourth-order valence-corrected chi connectivity index (χ4v) is 4.67. The number of hydrogen-bond donors (Lipinski definition) is 1. The van der Waals surface area contributed by atoms with E-state index in [1.807, 2.05) is 14.0 Å². The van der Waals surface area contributed by atoms with Crippen LogP contribution in [-0.4, -0.2) is 70.8 Å². The van der Waals surface area contributed by atoms with E-state index < -0.39 is 9.84 Å². The Balaban J connectivity index is 2.00. The average molecular weight is 276 g/mol. The first-order valence-corrected chi connectivity index (χ1v) is 8.45. The van der Waals surface area contributed by atoms with Crippen molar-refractivity contribution in [3.05, 3.63) is 0 Å². The summed E-state index contributed by atoms with van der Waals surface area (Å²) in [5.41, 5.74) is 0.157. The smallest absolute Gasteiger partial charge is 0.153 e. The van der Waals surface area contributed by atoms with Crippen molar-refractivity contribution < 1.29 is 13.2 Å². The molecule has 2 aliphatic rings. The van der Waals surface area contributed by atoms with Crippen LogP contribution in [0.4, 0.5) is 0 Å². The first-order chi connectivity index (χ1) is 8.46. The molecule has 18 heavy (non-hydrogen) atoms. The third-order valence-electron chi connectivity index (χ3n) is 4.08. The first-order valence-electron chi connectivity index (χ1n) is 6.63. The minimum atomic E-state index is -2.82. The van der Waals surface area contributed by atoms with E-state index in [2.05, 4.69) is 10.2 Å². The first kappa shape index (κ1) is 14.2. The monoisotopic (exact) mass is 276 g/mol. The van der Waals surface area contributed by atoms with Crippen molar-refractivity contribution in [3.8, 4) is 0 Å². The molecule has 1 N–H and O–H groups in total. The summed E-state index contributed by atoms with van der Waals surface area (Å²) in [6, 6.07) is 0.123. The van der Waals surface area contributed by atoms with Crippen LogP contribution in [0.1, 0.15) is 13.3 Å². The van der Waals surface area contributed by atoms with Gasteiger partial charge < -0.3 is 10.1 Å². The highest BCUT2D eigenvalue weighted by molar-refractivity contribution is 7.91. The minimum absolute atomic E-state index is 0.123. The van der Waals surface area contributed by atoms with Gasteiger partial charge in [-0.15, -0.1) is 0 Å². The molecule has 2 fully saturated rings. The molecule has 0 radical (unpaired) electrons. The maximum absolute atomic E-state index is 11.6. The molecule has 0 amide bonds. The van der Waals surface area contributed by atoms with E-state index in [-0.39, 0.29) is 11.5 Å². The van der Waals surface area contributed by atoms with Crippen molar-refractivity contribution in [1.82, 2.24) is 10.2 Å². The van der Waals surface area contributed by atoms with E-state index in [4.69, 9.17) is 4.74 Å². The van der Waals surface area contributed by atoms with Crippen LogP contribution in [0.5, 0.6) is 0 Å². The standard InChI is InChI=1S/C12H24N2O3S/c1-11-7-18(15,16)6-4-14(11)9-12(8-13-2)3-5-17-10-12/h11,13H,3-10H2,1-2H3. The van der Waals surface area contributed by atoms with Gasteiger partial charge in [0.2, 0.25) is 0 Å². The third kappa shape index (κ3) is 3.23. The van der Waals surface area contributed by atoms with Gasteiger partial charge in [0, 0.05) is 37.7 Å². The molecule has 0 saturated carbocycles. The second-order valence-electron chi connectivity index (χ2n) is 5.77. The molecule has 2 heterocycles. The lowest BCUT2D eigenvalue weighted by molar-refractivity contribution is 0.0960. The molecule has 0 spiro atoms. The summed E-state index contributed by atoms with van der Waals surface area (Å²) in [7, 11) is -0.857. The van der Waals surface area contributed by atoms with Gasteiger partial charge >= 0.3 is 0 Å². The van der Waals surface area contributed by atoms with Crippen molar-refractivity contribution >= 4 is 9.84 Å². The summed E-state index contributed by atoms with van der Waals surface area (Å²) in [4.78, 5) is 2.31. The topological polar surface area (TPSA) is 58.6 Å². The van der Waals surface area contributed by atoms with Crippen molar-refractivity contribution in [2.24, 2.45) is 5.41 Å². The fraction of sp³-hybridized carbons (Fsp3) is 1.00.